The molecule has 7 heteroatoms. The second kappa shape index (κ2) is 8.93. The minimum Gasteiger partial charge on any atom is -0.380 e. The van der Waals surface area contributed by atoms with Gasteiger partial charge in [0.15, 0.2) is 0 Å². The van der Waals surface area contributed by atoms with Crippen LogP contribution in [-0.2, 0) is 21.4 Å². The van der Waals surface area contributed by atoms with E-state index >= 15 is 0 Å². The van der Waals surface area contributed by atoms with Gasteiger partial charge in [0.05, 0.1) is 11.5 Å². The van der Waals surface area contributed by atoms with E-state index in [0.717, 1.165) is 11.1 Å². The summed E-state index contributed by atoms with van der Waals surface area (Å²) in [5.41, 5.74) is 3.05. The van der Waals surface area contributed by atoms with E-state index in [1.807, 2.05) is 25.1 Å². The second-order valence-electron chi connectivity index (χ2n) is 6.05. The smallest absolute Gasteiger partial charge is 0.251 e. The zero-order valence-electron chi connectivity index (χ0n) is 15.2. The van der Waals surface area contributed by atoms with Crippen LogP contribution in [0.4, 0.5) is 0 Å². The highest BCUT2D eigenvalue weighted by atomic mass is 32.2. The Hall–Kier alpha value is -2.22. The molecule has 0 aliphatic carbocycles. The summed E-state index contributed by atoms with van der Waals surface area (Å²) in [5.74, 6) is -0.250. The molecule has 0 atom stereocenters. The van der Waals surface area contributed by atoms with Gasteiger partial charge >= 0.3 is 0 Å². The summed E-state index contributed by atoms with van der Waals surface area (Å²) >= 11 is 0. The van der Waals surface area contributed by atoms with Crippen molar-refractivity contribution in [3.63, 3.8) is 0 Å². The Balaban J connectivity index is 1.87. The van der Waals surface area contributed by atoms with Crippen LogP contribution in [0.3, 0.4) is 0 Å². The number of methoxy groups -OCH3 is 1. The number of nitrogens with one attached hydrogen (secondary N) is 2. The summed E-state index contributed by atoms with van der Waals surface area (Å²) in [6.07, 6.45) is 0. The average Bonchev–Trinajstić information content (AvgIpc) is 2.61. The Kier molecular flexibility index (Phi) is 6.90. The first-order valence-electron chi connectivity index (χ1n) is 8.26. The lowest BCUT2D eigenvalue weighted by atomic mass is 10.1. The molecule has 0 unspecified atom stereocenters. The van der Waals surface area contributed by atoms with Gasteiger partial charge in [0.1, 0.15) is 0 Å². The van der Waals surface area contributed by atoms with Crippen molar-refractivity contribution in [2.75, 3.05) is 20.2 Å². The van der Waals surface area contributed by atoms with Crippen molar-refractivity contribution in [1.29, 1.82) is 0 Å². The predicted molar refractivity (Wildman–Crippen MR) is 101 cm³/mol. The predicted octanol–water partition coefficient (Wildman–Crippen LogP) is 2.16. The monoisotopic (exact) mass is 376 g/mol. The number of ether oxygens (including phenoxy) is 1. The maximum Gasteiger partial charge on any atom is 0.251 e. The van der Waals surface area contributed by atoms with Crippen LogP contribution in [-0.4, -0.2) is 34.5 Å². The Morgan fingerprint density at radius 1 is 1.04 bits per heavy atom. The van der Waals surface area contributed by atoms with Crippen molar-refractivity contribution in [3.8, 4) is 0 Å². The molecular formula is C19H24N2O4S. The van der Waals surface area contributed by atoms with Crippen LogP contribution < -0.4 is 10.0 Å². The maximum atomic E-state index is 12.4. The summed E-state index contributed by atoms with van der Waals surface area (Å²) in [4.78, 5) is 12.3. The molecule has 0 aliphatic heterocycles. The van der Waals surface area contributed by atoms with Gasteiger partial charge in [-0.2, -0.15) is 0 Å². The summed E-state index contributed by atoms with van der Waals surface area (Å²) in [6.45, 7) is 4.40. The third-order valence-electron chi connectivity index (χ3n) is 3.86. The van der Waals surface area contributed by atoms with Crippen LogP contribution in [0.15, 0.2) is 47.4 Å². The van der Waals surface area contributed by atoms with Crippen LogP contribution in [0.5, 0.6) is 0 Å². The topological polar surface area (TPSA) is 84.5 Å². The summed E-state index contributed by atoms with van der Waals surface area (Å²) in [7, 11) is -1.99. The summed E-state index contributed by atoms with van der Waals surface area (Å²) in [6, 6.07) is 12.3. The first-order valence-corrected chi connectivity index (χ1v) is 9.75. The number of hydrogen-bond acceptors (Lipinski definition) is 4. The van der Waals surface area contributed by atoms with Crippen molar-refractivity contribution in [3.05, 3.63) is 64.7 Å². The molecule has 0 spiro atoms. The molecule has 0 fully saturated rings. The highest BCUT2D eigenvalue weighted by Crippen LogP contribution is 2.16. The molecule has 2 aromatic rings. The Labute approximate surface area is 154 Å². The number of benzene rings is 2. The average molecular weight is 376 g/mol. The molecule has 0 saturated carbocycles. The molecule has 2 aromatic carbocycles. The Bertz CT molecular complexity index is 862. The number of aryl methyl sites for hydroxylation is 2. The fraction of sp³-hybridized carbons (Fsp3) is 0.316. The molecule has 0 saturated heterocycles. The zero-order chi connectivity index (χ0) is 19.2. The number of sulfonamides is 1. The largest absolute Gasteiger partial charge is 0.380 e. The Morgan fingerprint density at radius 2 is 1.73 bits per heavy atom. The van der Waals surface area contributed by atoms with Crippen molar-refractivity contribution in [2.45, 2.75) is 25.3 Å². The SMILES string of the molecule is COCc1ccc(C(=O)NCCNS(=O)(=O)c2cc(C)ccc2C)cc1. The van der Waals surface area contributed by atoms with Crippen molar-refractivity contribution >= 4 is 15.9 Å². The van der Waals surface area contributed by atoms with E-state index < -0.39 is 10.0 Å². The van der Waals surface area contributed by atoms with E-state index in [2.05, 4.69) is 10.0 Å². The number of rotatable bonds is 8. The molecule has 140 valence electrons. The van der Waals surface area contributed by atoms with Gasteiger partial charge in [-0.3, -0.25) is 4.79 Å². The maximum absolute atomic E-state index is 12.4. The van der Waals surface area contributed by atoms with Gasteiger partial charge in [-0.15, -0.1) is 0 Å². The van der Waals surface area contributed by atoms with Crippen LogP contribution in [0.1, 0.15) is 27.0 Å². The van der Waals surface area contributed by atoms with Gasteiger partial charge in [0.25, 0.3) is 5.91 Å². The molecule has 2 rings (SSSR count). The van der Waals surface area contributed by atoms with E-state index in [9.17, 15) is 13.2 Å². The molecule has 0 bridgehead atoms. The lowest BCUT2D eigenvalue weighted by molar-refractivity contribution is 0.0954. The lowest BCUT2D eigenvalue weighted by Gasteiger charge is -2.11. The van der Waals surface area contributed by atoms with Gasteiger partial charge < -0.3 is 10.1 Å². The zero-order valence-corrected chi connectivity index (χ0v) is 16.0. The van der Waals surface area contributed by atoms with Crippen molar-refractivity contribution < 1.29 is 17.9 Å². The molecule has 1 amide bonds. The number of carbonyl (C=O) groups is 1. The Morgan fingerprint density at radius 3 is 2.38 bits per heavy atom. The quantitative estimate of drug-likeness (QED) is 0.692. The minimum atomic E-state index is -3.60. The van der Waals surface area contributed by atoms with Gasteiger partial charge in [0, 0.05) is 25.8 Å². The van der Waals surface area contributed by atoms with Crippen molar-refractivity contribution in [1.82, 2.24) is 10.0 Å². The molecule has 2 N–H and O–H groups in total. The van der Waals surface area contributed by atoms with E-state index in [1.165, 1.54) is 0 Å². The van der Waals surface area contributed by atoms with Gasteiger partial charge in [-0.25, -0.2) is 13.1 Å². The third-order valence-corrected chi connectivity index (χ3v) is 5.47. The van der Waals surface area contributed by atoms with E-state index in [4.69, 9.17) is 4.74 Å². The molecule has 26 heavy (non-hydrogen) atoms. The minimum absolute atomic E-state index is 0.114. The van der Waals surface area contributed by atoms with Crippen LogP contribution in [0.25, 0.3) is 0 Å². The number of hydrogen-bond donors (Lipinski definition) is 2. The van der Waals surface area contributed by atoms with Crippen LogP contribution in [0.2, 0.25) is 0 Å². The van der Waals surface area contributed by atoms with E-state index in [0.29, 0.717) is 17.7 Å². The second-order valence-corrected chi connectivity index (χ2v) is 7.79. The first kappa shape index (κ1) is 20.1. The third kappa shape index (κ3) is 5.39. The molecular weight excluding hydrogens is 352 g/mol. The lowest BCUT2D eigenvalue weighted by Crippen LogP contribution is -2.35. The molecule has 0 radical (unpaired) electrons. The van der Waals surface area contributed by atoms with Crippen LogP contribution >= 0.6 is 0 Å². The molecule has 6 nitrogen and oxygen atoms in total. The first-order chi connectivity index (χ1) is 12.3. The molecule has 0 heterocycles. The fourth-order valence-electron chi connectivity index (χ4n) is 2.46. The number of carbonyl (C=O) groups excluding carboxylic acids is 1. The summed E-state index contributed by atoms with van der Waals surface area (Å²) in [5, 5.41) is 2.70. The summed E-state index contributed by atoms with van der Waals surface area (Å²) < 4.78 is 32.3. The van der Waals surface area contributed by atoms with Crippen molar-refractivity contribution in [2.24, 2.45) is 0 Å². The van der Waals surface area contributed by atoms with Gasteiger partial charge in [-0.1, -0.05) is 24.3 Å². The number of amides is 1. The fourth-order valence-corrected chi connectivity index (χ4v) is 3.82. The highest BCUT2D eigenvalue weighted by molar-refractivity contribution is 7.89. The van der Waals surface area contributed by atoms with Gasteiger partial charge in [-0.05, 0) is 48.7 Å². The standard InChI is InChI=1S/C19H24N2O4S/c1-14-4-5-15(2)18(12-14)26(23,24)21-11-10-20-19(22)17-8-6-16(7-9-17)13-25-3/h4-9,12,21H,10-11,13H2,1-3H3,(H,20,22). The van der Waals surface area contributed by atoms with Crippen LogP contribution in [0, 0.1) is 13.8 Å². The highest BCUT2D eigenvalue weighted by Gasteiger charge is 2.16. The molecule has 0 aliphatic rings. The van der Waals surface area contributed by atoms with E-state index in [1.54, 1.807) is 38.3 Å². The normalized spacial score (nSPS) is 11.3. The van der Waals surface area contributed by atoms with E-state index in [-0.39, 0.29) is 23.9 Å². The molecule has 0 aromatic heterocycles. The van der Waals surface area contributed by atoms with Gasteiger partial charge in [0.2, 0.25) is 10.0 Å².